The van der Waals surface area contributed by atoms with Crippen LogP contribution in [0.1, 0.15) is 6.92 Å². The summed E-state index contributed by atoms with van der Waals surface area (Å²) in [7, 11) is 2.64. The maximum Gasteiger partial charge on any atom is 0.0969 e. The van der Waals surface area contributed by atoms with Gasteiger partial charge in [0, 0.05) is 17.9 Å². The van der Waals surface area contributed by atoms with Crippen LogP contribution in [0, 0.1) is 11.3 Å². The second-order valence-electron chi connectivity index (χ2n) is 2.19. The summed E-state index contributed by atoms with van der Waals surface area (Å²) in [5.41, 5.74) is 1.13. The molecule has 9 heavy (non-hydrogen) atoms. The molecule has 0 aliphatic carbocycles. The molecule has 3 heteroatoms. The van der Waals surface area contributed by atoms with Crippen molar-refractivity contribution in [1.82, 2.24) is 5.32 Å². The zero-order valence-corrected chi connectivity index (χ0v) is 6.41. The Morgan fingerprint density at radius 1 is 1.89 bits per heavy atom. The number of rotatable bonds is 0. The highest BCUT2D eigenvalue weighted by Crippen LogP contribution is 2.20. The topological polar surface area (TPSA) is 35.8 Å². The zero-order chi connectivity index (χ0) is 6.85. The van der Waals surface area contributed by atoms with E-state index in [2.05, 4.69) is 27.5 Å². The molecule has 3 atom stereocenters. The van der Waals surface area contributed by atoms with Crippen LogP contribution in [0.15, 0.2) is 11.8 Å². The Labute approximate surface area is 57.1 Å². The molecule has 0 aromatic rings. The van der Waals surface area contributed by atoms with Crippen LogP contribution in [0.2, 0.25) is 0 Å². The van der Waals surface area contributed by atoms with Crippen molar-refractivity contribution in [1.29, 1.82) is 5.26 Å². The van der Waals surface area contributed by atoms with Crippen molar-refractivity contribution in [3.63, 3.8) is 0 Å². The lowest BCUT2D eigenvalue weighted by Gasteiger charge is -2.08. The third-order valence-corrected chi connectivity index (χ3v) is 2.47. The van der Waals surface area contributed by atoms with Crippen molar-refractivity contribution in [3.05, 3.63) is 11.8 Å². The number of hydrogen-bond donors (Lipinski definition) is 1. The lowest BCUT2D eigenvalue weighted by molar-refractivity contribution is 0.697. The SMILES string of the molecule is CC1NC=C(C#N)C1P. The van der Waals surface area contributed by atoms with Gasteiger partial charge in [-0.15, -0.1) is 9.24 Å². The number of nitrogens with zero attached hydrogens (tertiary/aromatic N) is 1. The van der Waals surface area contributed by atoms with Gasteiger partial charge in [-0.3, -0.25) is 0 Å². The molecule has 1 aliphatic heterocycles. The summed E-state index contributed by atoms with van der Waals surface area (Å²) in [5, 5.41) is 11.5. The molecule has 1 N–H and O–H groups in total. The first-order valence-corrected chi connectivity index (χ1v) is 3.54. The van der Waals surface area contributed by atoms with Gasteiger partial charge in [-0.05, 0) is 6.92 Å². The van der Waals surface area contributed by atoms with Gasteiger partial charge in [0.05, 0.1) is 11.6 Å². The molecule has 1 aliphatic rings. The van der Waals surface area contributed by atoms with Crippen LogP contribution >= 0.6 is 9.24 Å². The minimum absolute atomic E-state index is 0.301. The summed E-state index contributed by atoms with van der Waals surface area (Å²) in [6.07, 6.45) is 1.78. The predicted molar refractivity (Wildman–Crippen MR) is 39.8 cm³/mol. The highest BCUT2D eigenvalue weighted by Gasteiger charge is 2.20. The molecular weight excluding hydrogens is 131 g/mol. The smallest absolute Gasteiger partial charge is 0.0969 e. The van der Waals surface area contributed by atoms with Crippen molar-refractivity contribution >= 4 is 9.24 Å². The lowest BCUT2D eigenvalue weighted by Crippen LogP contribution is -2.23. The van der Waals surface area contributed by atoms with Crippen molar-refractivity contribution in [2.45, 2.75) is 18.6 Å². The summed E-state index contributed by atoms with van der Waals surface area (Å²) in [5.74, 6) is 0. The Balaban J connectivity index is 2.69. The van der Waals surface area contributed by atoms with Gasteiger partial charge in [0.25, 0.3) is 0 Å². The van der Waals surface area contributed by atoms with Crippen LogP contribution in [0.3, 0.4) is 0 Å². The minimum atomic E-state index is 0.301. The second-order valence-corrected chi connectivity index (χ2v) is 2.91. The van der Waals surface area contributed by atoms with Gasteiger partial charge in [0.1, 0.15) is 0 Å². The van der Waals surface area contributed by atoms with Gasteiger partial charge in [-0.2, -0.15) is 5.26 Å². The van der Waals surface area contributed by atoms with E-state index in [-0.39, 0.29) is 0 Å². The molecule has 0 fully saturated rings. The van der Waals surface area contributed by atoms with Crippen molar-refractivity contribution in [2.75, 3.05) is 0 Å². The molecule has 3 unspecified atom stereocenters. The second kappa shape index (κ2) is 2.37. The fraction of sp³-hybridized carbons (Fsp3) is 0.500. The van der Waals surface area contributed by atoms with E-state index in [1.165, 1.54) is 0 Å². The van der Waals surface area contributed by atoms with Crippen LogP contribution in [0.25, 0.3) is 0 Å². The van der Waals surface area contributed by atoms with Crippen LogP contribution in [-0.4, -0.2) is 11.7 Å². The molecule has 0 radical (unpaired) electrons. The Morgan fingerprint density at radius 2 is 2.56 bits per heavy atom. The maximum atomic E-state index is 8.48. The molecular formula is C6H9N2P. The largest absolute Gasteiger partial charge is 0.387 e. The highest BCUT2D eigenvalue weighted by molar-refractivity contribution is 7.18. The molecule has 1 heterocycles. The van der Waals surface area contributed by atoms with Gasteiger partial charge in [0.2, 0.25) is 0 Å². The quantitative estimate of drug-likeness (QED) is 0.501. The third-order valence-electron chi connectivity index (χ3n) is 1.53. The molecule has 48 valence electrons. The average molecular weight is 140 g/mol. The Hall–Kier alpha value is -0.540. The Kier molecular flexibility index (Phi) is 1.73. The number of nitrogens with one attached hydrogen (secondary N) is 1. The first-order chi connectivity index (χ1) is 4.25. The van der Waals surface area contributed by atoms with Crippen LogP contribution in [0.4, 0.5) is 0 Å². The van der Waals surface area contributed by atoms with E-state index in [1.54, 1.807) is 6.20 Å². The fourth-order valence-electron chi connectivity index (χ4n) is 0.797. The van der Waals surface area contributed by atoms with E-state index in [9.17, 15) is 0 Å². The zero-order valence-electron chi connectivity index (χ0n) is 5.26. The molecule has 0 aromatic heterocycles. The first-order valence-electron chi connectivity index (χ1n) is 2.87. The van der Waals surface area contributed by atoms with Gasteiger partial charge < -0.3 is 5.32 Å². The summed E-state index contributed by atoms with van der Waals surface area (Å²) >= 11 is 0. The normalized spacial score (nSPS) is 32.8. The van der Waals surface area contributed by atoms with Crippen LogP contribution in [-0.2, 0) is 0 Å². The first kappa shape index (κ1) is 6.58. The molecule has 0 bridgehead atoms. The van der Waals surface area contributed by atoms with Gasteiger partial charge in [-0.25, -0.2) is 0 Å². The number of nitriles is 1. The maximum absolute atomic E-state index is 8.48. The highest BCUT2D eigenvalue weighted by atomic mass is 31.0. The van der Waals surface area contributed by atoms with E-state index in [4.69, 9.17) is 5.26 Å². The molecule has 0 saturated heterocycles. The number of hydrogen-bond acceptors (Lipinski definition) is 2. The predicted octanol–water partition coefficient (Wildman–Crippen LogP) is 0.629. The average Bonchev–Trinajstić information content (AvgIpc) is 2.15. The molecule has 0 spiro atoms. The summed E-state index contributed by atoms with van der Waals surface area (Å²) in [6, 6.07) is 2.52. The van der Waals surface area contributed by atoms with E-state index in [0.29, 0.717) is 11.7 Å². The molecule has 2 nitrogen and oxygen atoms in total. The van der Waals surface area contributed by atoms with Crippen molar-refractivity contribution in [2.24, 2.45) is 0 Å². The molecule has 0 aromatic carbocycles. The van der Waals surface area contributed by atoms with Gasteiger partial charge in [0.15, 0.2) is 0 Å². The Bertz CT molecular complexity index is 180. The van der Waals surface area contributed by atoms with E-state index < -0.39 is 0 Å². The molecule has 0 saturated carbocycles. The third kappa shape index (κ3) is 1.06. The minimum Gasteiger partial charge on any atom is -0.387 e. The standard InChI is InChI=1S/C6H9N2P/c1-4-6(9)5(2-7)3-8-4/h3-4,6,8H,9H2,1H3. The van der Waals surface area contributed by atoms with E-state index in [0.717, 1.165) is 5.57 Å². The van der Waals surface area contributed by atoms with E-state index in [1.807, 2.05) is 0 Å². The van der Waals surface area contributed by atoms with Crippen molar-refractivity contribution in [3.8, 4) is 6.07 Å². The van der Waals surface area contributed by atoms with Gasteiger partial charge >= 0.3 is 0 Å². The van der Waals surface area contributed by atoms with Crippen molar-refractivity contribution < 1.29 is 0 Å². The lowest BCUT2D eigenvalue weighted by atomic mass is 10.2. The summed E-state index contributed by atoms with van der Waals surface area (Å²) in [4.78, 5) is 0. The summed E-state index contributed by atoms with van der Waals surface area (Å²) < 4.78 is 0. The monoisotopic (exact) mass is 140 g/mol. The van der Waals surface area contributed by atoms with Crippen LogP contribution in [0.5, 0.6) is 0 Å². The molecule has 1 rings (SSSR count). The molecule has 0 amide bonds. The van der Waals surface area contributed by atoms with E-state index >= 15 is 0 Å². The Morgan fingerprint density at radius 3 is 2.78 bits per heavy atom. The summed E-state index contributed by atoms with van der Waals surface area (Å²) in [6.45, 7) is 2.05. The fourth-order valence-corrected chi connectivity index (χ4v) is 1.08. The van der Waals surface area contributed by atoms with Gasteiger partial charge in [-0.1, -0.05) is 0 Å². The van der Waals surface area contributed by atoms with Crippen LogP contribution < -0.4 is 5.32 Å².